The molecule has 1 heterocycles. The van der Waals surface area contributed by atoms with Crippen LogP contribution in [0.3, 0.4) is 0 Å². The molecule has 0 saturated heterocycles. The van der Waals surface area contributed by atoms with Crippen LogP contribution in [0.1, 0.15) is 21.6 Å². The van der Waals surface area contributed by atoms with Gasteiger partial charge in [-0.3, -0.25) is 4.79 Å². The second-order valence-corrected chi connectivity index (χ2v) is 4.93. The summed E-state index contributed by atoms with van der Waals surface area (Å²) in [5, 5.41) is 2.50. The van der Waals surface area contributed by atoms with E-state index in [0.29, 0.717) is 5.69 Å². The summed E-state index contributed by atoms with van der Waals surface area (Å²) in [4.78, 5) is 19.5. The molecular weight excluding hydrogens is 351 g/mol. The lowest BCUT2D eigenvalue weighted by Crippen LogP contribution is -2.23. The number of benzene rings is 1. The Bertz CT molecular complexity index is 647. The number of carbonyl (C=O) groups excluding carboxylic acids is 1. The highest BCUT2D eigenvalue weighted by Crippen LogP contribution is 2.35. The monoisotopic (exact) mass is 359 g/mol. The van der Waals surface area contributed by atoms with Crippen molar-refractivity contribution < 1.29 is 18.0 Å². The summed E-state index contributed by atoms with van der Waals surface area (Å²) in [5.74, 6) is -0.605. The van der Waals surface area contributed by atoms with Gasteiger partial charge in [0.1, 0.15) is 6.33 Å². The molecule has 0 spiro atoms. The number of amides is 1. The van der Waals surface area contributed by atoms with Crippen LogP contribution in [-0.2, 0) is 12.7 Å². The van der Waals surface area contributed by atoms with E-state index >= 15 is 0 Å². The van der Waals surface area contributed by atoms with Crippen LogP contribution >= 0.6 is 15.9 Å². The molecule has 2 aromatic rings. The highest BCUT2D eigenvalue weighted by molar-refractivity contribution is 9.10. The topological polar surface area (TPSA) is 54.9 Å². The molecule has 1 aromatic carbocycles. The van der Waals surface area contributed by atoms with Crippen molar-refractivity contribution in [3.8, 4) is 0 Å². The summed E-state index contributed by atoms with van der Waals surface area (Å²) in [6, 6.07) is 4.92. The molecule has 0 aliphatic rings. The Morgan fingerprint density at radius 2 is 2.05 bits per heavy atom. The Morgan fingerprint density at radius 1 is 1.29 bits per heavy atom. The normalized spacial score (nSPS) is 11.2. The largest absolute Gasteiger partial charge is 0.417 e. The molecule has 0 unspecified atom stereocenters. The van der Waals surface area contributed by atoms with E-state index in [4.69, 9.17) is 0 Å². The lowest BCUT2D eigenvalue weighted by Gasteiger charge is -2.11. The maximum absolute atomic E-state index is 12.8. The first-order chi connectivity index (χ1) is 9.88. The van der Waals surface area contributed by atoms with E-state index in [0.717, 1.165) is 6.07 Å². The molecule has 21 heavy (non-hydrogen) atoms. The number of halogens is 4. The highest BCUT2D eigenvalue weighted by Gasteiger charge is 2.33. The Morgan fingerprint density at radius 3 is 2.67 bits per heavy atom. The molecule has 0 radical (unpaired) electrons. The molecule has 0 fully saturated rings. The fourth-order valence-corrected chi connectivity index (χ4v) is 2.05. The molecule has 1 amide bonds. The Labute approximate surface area is 126 Å². The van der Waals surface area contributed by atoms with E-state index in [1.165, 1.54) is 24.7 Å². The highest BCUT2D eigenvalue weighted by atomic mass is 79.9. The zero-order valence-corrected chi connectivity index (χ0v) is 12.1. The quantitative estimate of drug-likeness (QED) is 0.915. The molecule has 110 valence electrons. The average molecular weight is 360 g/mol. The van der Waals surface area contributed by atoms with E-state index in [1.54, 1.807) is 6.07 Å². The molecule has 2 rings (SSSR count). The number of aromatic nitrogens is 2. The molecular formula is C13H9BrF3N3O. The molecule has 0 saturated carbocycles. The van der Waals surface area contributed by atoms with Gasteiger partial charge in [0, 0.05) is 16.2 Å². The molecule has 4 nitrogen and oxygen atoms in total. The second kappa shape index (κ2) is 6.21. The SMILES string of the molecule is O=C(NCc1ccncn1)c1ccc(Br)c(C(F)(F)F)c1. The van der Waals surface area contributed by atoms with Crippen LogP contribution in [-0.4, -0.2) is 15.9 Å². The first-order valence-electron chi connectivity index (χ1n) is 5.78. The van der Waals surface area contributed by atoms with Gasteiger partial charge in [0.15, 0.2) is 0 Å². The van der Waals surface area contributed by atoms with Gasteiger partial charge in [0.2, 0.25) is 0 Å². The Balaban J connectivity index is 2.13. The summed E-state index contributed by atoms with van der Waals surface area (Å²) in [6.45, 7) is 0.110. The van der Waals surface area contributed by atoms with E-state index in [-0.39, 0.29) is 16.6 Å². The third-order valence-corrected chi connectivity index (χ3v) is 3.30. The minimum Gasteiger partial charge on any atom is -0.346 e. The predicted molar refractivity (Wildman–Crippen MR) is 72.3 cm³/mol. The van der Waals surface area contributed by atoms with E-state index < -0.39 is 17.6 Å². The number of nitrogens with one attached hydrogen (secondary N) is 1. The Kier molecular flexibility index (Phi) is 4.56. The van der Waals surface area contributed by atoms with Gasteiger partial charge in [0.05, 0.1) is 17.8 Å². The number of alkyl halides is 3. The van der Waals surface area contributed by atoms with Crippen LogP contribution in [0.5, 0.6) is 0 Å². The van der Waals surface area contributed by atoms with Crippen molar-refractivity contribution in [3.63, 3.8) is 0 Å². The Hall–Kier alpha value is -1.96. The first kappa shape index (κ1) is 15.4. The van der Waals surface area contributed by atoms with Gasteiger partial charge < -0.3 is 5.32 Å². The summed E-state index contributed by atoms with van der Waals surface area (Å²) >= 11 is 2.82. The zero-order chi connectivity index (χ0) is 15.5. The van der Waals surface area contributed by atoms with Crippen LogP contribution < -0.4 is 5.32 Å². The fourth-order valence-electron chi connectivity index (χ4n) is 1.58. The number of nitrogens with zero attached hydrogens (tertiary/aromatic N) is 2. The average Bonchev–Trinajstić information content (AvgIpc) is 2.45. The predicted octanol–water partition coefficient (Wildman–Crippen LogP) is 3.19. The third kappa shape index (κ3) is 4.01. The van der Waals surface area contributed by atoms with Crippen molar-refractivity contribution in [2.24, 2.45) is 0 Å². The molecule has 0 aliphatic carbocycles. The summed E-state index contributed by atoms with van der Waals surface area (Å²) < 4.78 is 38.2. The van der Waals surface area contributed by atoms with Crippen LogP contribution in [0.2, 0.25) is 0 Å². The number of hydrogen-bond donors (Lipinski definition) is 1. The first-order valence-corrected chi connectivity index (χ1v) is 6.57. The minimum absolute atomic E-state index is 0.0698. The van der Waals surface area contributed by atoms with Crippen molar-refractivity contribution >= 4 is 21.8 Å². The molecule has 8 heteroatoms. The van der Waals surface area contributed by atoms with Crippen molar-refractivity contribution in [1.29, 1.82) is 0 Å². The molecule has 1 aromatic heterocycles. The maximum atomic E-state index is 12.8. The van der Waals surface area contributed by atoms with E-state index in [1.807, 2.05) is 0 Å². The second-order valence-electron chi connectivity index (χ2n) is 4.08. The molecule has 0 atom stereocenters. The van der Waals surface area contributed by atoms with Crippen LogP contribution in [0.25, 0.3) is 0 Å². The van der Waals surface area contributed by atoms with Crippen LogP contribution in [0.4, 0.5) is 13.2 Å². The number of rotatable bonds is 3. The lowest BCUT2D eigenvalue weighted by atomic mass is 10.1. The van der Waals surface area contributed by atoms with Gasteiger partial charge >= 0.3 is 6.18 Å². The van der Waals surface area contributed by atoms with Gasteiger partial charge in [-0.1, -0.05) is 15.9 Å². The summed E-state index contributed by atoms with van der Waals surface area (Å²) in [7, 11) is 0. The lowest BCUT2D eigenvalue weighted by molar-refractivity contribution is -0.138. The summed E-state index contributed by atoms with van der Waals surface area (Å²) in [6.07, 6.45) is -1.69. The van der Waals surface area contributed by atoms with Crippen molar-refractivity contribution in [1.82, 2.24) is 15.3 Å². The van der Waals surface area contributed by atoms with Crippen LogP contribution in [0.15, 0.2) is 41.3 Å². The van der Waals surface area contributed by atoms with E-state index in [9.17, 15) is 18.0 Å². The fraction of sp³-hybridized carbons (Fsp3) is 0.154. The van der Waals surface area contributed by atoms with Crippen molar-refractivity contribution in [2.75, 3.05) is 0 Å². The van der Waals surface area contributed by atoms with Crippen molar-refractivity contribution in [2.45, 2.75) is 12.7 Å². The van der Waals surface area contributed by atoms with Gasteiger partial charge in [-0.2, -0.15) is 13.2 Å². The summed E-state index contributed by atoms with van der Waals surface area (Å²) in [5.41, 5.74) is -0.400. The van der Waals surface area contributed by atoms with Gasteiger partial charge in [-0.15, -0.1) is 0 Å². The smallest absolute Gasteiger partial charge is 0.346 e. The zero-order valence-electron chi connectivity index (χ0n) is 10.5. The standard InChI is InChI=1S/C13H9BrF3N3O/c14-11-2-1-8(5-10(11)13(15,16)17)12(21)19-6-9-3-4-18-7-20-9/h1-5,7H,6H2,(H,19,21). The van der Waals surface area contributed by atoms with Crippen LogP contribution in [0, 0.1) is 0 Å². The van der Waals surface area contributed by atoms with E-state index in [2.05, 4.69) is 31.2 Å². The van der Waals surface area contributed by atoms with Gasteiger partial charge in [0.25, 0.3) is 5.91 Å². The number of carbonyl (C=O) groups is 1. The number of hydrogen-bond acceptors (Lipinski definition) is 3. The molecule has 1 N–H and O–H groups in total. The maximum Gasteiger partial charge on any atom is 0.417 e. The van der Waals surface area contributed by atoms with Crippen molar-refractivity contribution in [3.05, 3.63) is 58.1 Å². The van der Waals surface area contributed by atoms with Gasteiger partial charge in [-0.05, 0) is 24.3 Å². The molecule has 0 aliphatic heterocycles. The molecule has 0 bridgehead atoms. The minimum atomic E-state index is -4.53. The van der Waals surface area contributed by atoms with Gasteiger partial charge in [-0.25, -0.2) is 9.97 Å². The third-order valence-electron chi connectivity index (χ3n) is 2.61.